The topological polar surface area (TPSA) is 90.6 Å². The van der Waals surface area contributed by atoms with Gasteiger partial charge in [-0.2, -0.15) is 0 Å². The number of aliphatic imine (C=N–C) groups is 1. The molecule has 0 amide bonds. The van der Waals surface area contributed by atoms with Crippen molar-refractivity contribution >= 4 is 28.7 Å². The summed E-state index contributed by atoms with van der Waals surface area (Å²) in [4.78, 5) is 18.6. The number of hydrogen-bond donors (Lipinski definition) is 1. The van der Waals surface area contributed by atoms with Crippen molar-refractivity contribution in [1.29, 1.82) is 0 Å². The maximum Gasteiger partial charge on any atom is 0.308 e. The van der Waals surface area contributed by atoms with Crippen molar-refractivity contribution in [2.24, 2.45) is 4.99 Å². The summed E-state index contributed by atoms with van der Waals surface area (Å²) >= 11 is 1.69. The van der Waals surface area contributed by atoms with E-state index in [1.54, 1.807) is 18.4 Å². The fourth-order valence-corrected chi connectivity index (χ4v) is 5.77. The highest BCUT2D eigenvalue weighted by Gasteiger charge is 2.32. The molecule has 0 fully saturated rings. The number of benzene rings is 2. The largest absolute Gasteiger partial charge is 0.496 e. The molecular formula is C28H29N5O3S. The van der Waals surface area contributed by atoms with Crippen LogP contribution >= 0.6 is 11.3 Å². The zero-order chi connectivity index (χ0) is 26.1. The van der Waals surface area contributed by atoms with E-state index in [9.17, 15) is 4.79 Å². The number of methoxy groups -OCH3 is 2. The Morgan fingerprint density at radius 2 is 1.81 bits per heavy atom. The van der Waals surface area contributed by atoms with Crippen LogP contribution in [0, 0.1) is 20.8 Å². The van der Waals surface area contributed by atoms with Crippen LogP contribution in [-0.4, -0.2) is 40.7 Å². The van der Waals surface area contributed by atoms with E-state index in [-0.39, 0.29) is 12.4 Å². The second kappa shape index (κ2) is 10.2. The molecule has 9 heteroatoms. The second-order valence-electron chi connectivity index (χ2n) is 8.92. The molecular weight excluding hydrogens is 486 g/mol. The summed E-state index contributed by atoms with van der Waals surface area (Å²) < 4.78 is 12.5. The number of carbonyl (C=O) groups is 1. The fraction of sp³-hybridized carbons (Fsp3) is 0.286. The van der Waals surface area contributed by atoms with Crippen LogP contribution < -0.4 is 10.1 Å². The van der Waals surface area contributed by atoms with Crippen molar-refractivity contribution in [3.05, 3.63) is 87.3 Å². The lowest BCUT2D eigenvalue weighted by Crippen LogP contribution is -2.12. The number of hydrogen-bond acceptors (Lipinski definition) is 8. The third-order valence-corrected chi connectivity index (χ3v) is 7.85. The molecule has 0 unspecified atom stereocenters. The van der Waals surface area contributed by atoms with E-state index < -0.39 is 6.04 Å². The second-order valence-corrected chi connectivity index (χ2v) is 10.1. The number of carbonyl (C=O) groups excluding carboxylic acids is 1. The first-order chi connectivity index (χ1) is 17.9. The molecule has 0 spiro atoms. The standard InChI is InChI=1S/C28H29N5O3S/c1-16-17(2)37-28-25(16)26(30-22(14-24(34)36-5)27-32-31-18(3)33(27)28)19-10-12-21(13-11-19)29-15-20-8-6-7-9-23(20)35-4/h6-13,22,29H,14-15H2,1-5H3/t22-/m0/s1. The van der Waals surface area contributed by atoms with Crippen LogP contribution in [0.25, 0.3) is 5.00 Å². The summed E-state index contributed by atoms with van der Waals surface area (Å²) in [6.45, 7) is 6.80. The van der Waals surface area contributed by atoms with Gasteiger partial charge < -0.3 is 14.8 Å². The van der Waals surface area contributed by atoms with Gasteiger partial charge >= 0.3 is 5.97 Å². The number of thiophene rings is 1. The molecule has 1 aliphatic heterocycles. The van der Waals surface area contributed by atoms with E-state index in [0.717, 1.165) is 50.2 Å². The van der Waals surface area contributed by atoms with Gasteiger partial charge in [-0.3, -0.25) is 14.4 Å². The van der Waals surface area contributed by atoms with Crippen LogP contribution in [-0.2, 0) is 16.1 Å². The smallest absolute Gasteiger partial charge is 0.308 e. The van der Waals surface area contributed by atoms with Crippen LogP contribution in [0.1, 0.15) is 51.2 Å². The minimum Gasteiger partial charge on any atom is -0.496 e. The van der Waals surface area contributed by atoms with Gasteiger partial charge in [0.1, 0.15) is 22.6 Å². The van der Waals surface area contributed by atoms with Crippen LogP contribution in [0.2, 0.25) is 0 Å². The van der Waals surface area contributed by atoms with Crippen molar-refractivity contribution in [2.45, 2.75) is 39.8 Å². The number of esters is 1. The van der Waals surface area contributed by atoms with Gasteiger partial charge in [0.2, 0.25) is 0 Å². The van der Waals surface area contributed by atoms with Crippen molar-refractivity contribution in [3.8, 4) is 10.8 Å². The lowest BCUT2D eigenvalue weighted by molar-refractivity contribution is -0.141. The van der Waals surface area contributed by atoms with Gasteiger partial charge in [0.15, 0.2) is 5.82 Å². The maximum atomic E-state index is 12.3. The zero-order valence-electron chi connectivity index (χ0n) is 21.5. The Labute approximate surface area is 220 Å². The van der Waals surface area contributed by atoms with E-state index >= 15 is 0 Å². The van der Waals surface area contributed by atoms with Crippen LogP contribution in [0.5, 0.6) is 5.75 Å². The lowest BCUT2D eigenvalue weighted by Gasteiger charge is -2.13. The van der Waals surface area contributed by atoms with Crippen LogP contribution in [0.4, 0.5) is 5.69 Å². The minimum atomic E-state index is -0.508. The molecule has 4 aromatic rings. The fourth-order valence-electron chi connectivity index (χ4n) is 4.56. The van der Waals surface area contributed by atoms with E-state index in [1.807, 2.05) is 47.9 Å². The number of ether oxygens (including phenoxy) is 2. The summed E-state index contributed by atoms with van der Waals surface area (Å²) in [5.41, 5.74) is 6.09. The molecule has 1 N–H and O–H groups in total. The SMILES string of the molecule is COC(=O)C[C@@H]1N=C(c2ccc(NCc3ccccc3OC)cc2)c2c(sc(C)c2C)-n2c(C)nnc21. The predicted octanol–water partition coefficient (Wildman–Crippen LogP) is 5.33. The molecule has 0 saturated heterocycles. The monoisotopic (exact) mass is 515 g/mol. The number of aryl methyl sites for hydroxylation is 2. The molecule has 2 aromatic heterocycles. The number of aromatic nitrogens is 3. The summed E-state index contributed by atoms with van der Waals surface area (Å²) in [6.07, 6.45) is 0.0870. The van der Waals surface area contributed by atoms with Crippen molar-refractivity contribution in [1.82, 2.24) is 14.8 Å². The Balaban J connectivity index is 1.53. The molecule has 0 radical (unpaired) electrons. The van der Waals surface area contributed by atoms with E-state index in [0.29, 0.717) is 12.4 Å². The lowest BCUT2D eigenvalue weighted by atomic mass is 9.99. The first kappa shape index (κ1) is 24.7. The van der Waals surface area contributed by atoms with Gasteiger partial charge in [-0.1, -0.05) is 30.3 Å². The number of rotatable bonds is 7. The number of nitrogens with zero attached hydrogens (tertiary/aromatic N) is 4. The molecule has 8 nitrogen and oxygen atoms in total. The summed E-state index contributed by atoms with van der Waals surface area (Å²) in [5, 5.41) is 13.2. The molecule has 0 bridgehead atoms. The highest BCUT2D eigenvalue weighted by Crippen LogP contribution is 2.39. The van der Waals surface area contributed by atoms with Gasteiger partial charge in [0.25, 0.3) is 0 Å². The molecule has 37 heavy (non-hydrogen) atoms. The predicted molar refractivity (Wildman–Crippen MR) is 145 cm³/mol. The third-order valence-electron chi connectivity index (χ3n) is 6.66. The maximum absolute atomic E-state index is 12.3. The van der Waals surface area contributed by atoms with Gasteiger partial charge in [-0.25, -0.2) is 0 Å². The number of nitrogens with one attached hydrogen (secondary N) is 1. The molecule has 3 heterocycles. The van der Waals surface area contributed by atoms with Crippen molar-refractivity contribution < 1.29 is 14.3 Å². The Morgan fingerprint density at radius 3 is 2.54 bits per heavy atom. The Bertz CT molecular complexity index is 1490. The van der Waals surface area contributed by atoms with Crippen LogP contribution in [0.3, 0.4) is 0 Å². The zero-order valence-corrected chi connectivity index (χ0v) is 22.3. The highest BCUT2D eigenvalue weighted by atomic mass is 32.1. The molecule has 190 valence electrons. The van der Waals surface area contributed by atoms with Gasteiger partial charge in [-0.15, -0.1) is 21.5 Å². The van der Waals surface area contributed by atoms with E-state index in [1.165, 1.54) is 12.0 Å². The Kier molecular flexibility index (Phi) is 6.80. The summed E-state index contributed by atoms with van der Waals surface area (Å²) in [7, 11) is 3.07. The minimum absolute atomic E-state index is 0.0870. The Morgan fingerprint density at radius 1 is 1.05 bits per heavy atom. The molecule has 2 aromatic carbocycles. The molecule has 0 aliphatic carbocycles. The van der Waals surface area contributed by atoms with E-state index in [2.05, 4.69) is 41.5 Å². The molecule has 1 atom stereocenters. The quantitative estimate of drug-likeness (QED) is 0.335. The number of anilines is 1. The van der Waals surface area contributed by atoms with Gasteiger partial charge in [-0.05, 0) is 44.5 Å². The average Bonchev–Trinajstić information content (AvgIpc) is 3.39. The van der Waals surface area contributed by atoms with Crippen molar-refractivity contribution in [3.63, 3.8) is 0 Å². The summed E-state index contributed by atoms with van der Waals surface area (Å²) in [6, 6.07) is 15.7. The molecule has 5 rings (SSSR count). The normalized spacial score (nSPS) is 14.3. The molecule has 0 saturated carbocycles. The first-order valence-corrected chi connectivity index (χ1v) is 12.9. The summed E-state index contributed by atoms with van der Waals surface area (Å²) in [5.74, 6) is 1.93. The molecule has 1 aliphatic rings. The highest BCUT2D eigenvalue weighted by molar-refractivity contribution is 7.15. The van der Waals surface area contributed by atoms with Gasteiger partial charge in [0.05, 0.1) is 26.4 Å². The first-order valence-electron chi connectivity index (χ1n) is 12.0. The Hall–Kier alpha value is -3.98. The van der Waals surface area contributed by atoms with Gasteiger partial charge in [0, 0.05) is 33.8 Å². The number of para-hydroxylation sites is 1. The average molecular weight is 516 g/mol. The van der Waals surface area contributed by atoms with E-state index in [4.69, 9.17) is 14.5 Å². The number of fused-ring (bicyclic) bond motifs is 3. The third kappa shape index (κ3) is 4.62. The van der Waals surface area contributed by atoms with Crippen LogP contribution in [0.15, 0.2) is 53.5 Å². The van der Waals surface area contributed by atoms with Crippen molar-refractivity contribution in [2.75, 3.05) is 19.5 Å².